The van der Waals surface area contributed by atoms with Crippen LogP contribution in [0.3, 0.4) is 0 Å². The minimum atomic E-state index is -0.381. The number of thioether (sulfide) groups is 1. The number of rotatable bonds is 5. The van der Waals surface area contributed by atoms with Crippen molar-refractivity contribution in [3.8, 4) is 0 Å². The lowest BCUT2D eigenvalue weighted by Crippen LogP contribution is -2.29. The van der Waals surface area contributed by atoms with E-state index in [0.717, 1.165) is 12.3 Å². The number of esters is 1. The number of carbonyl (C=O) groups is 1. The van der Waals surface area contributed by atoms with E-state index in [1.54, 1.807) is 11.8 Å². The maximum Gasteiger partial charge on any atom is 0.319 e. The Morgan fingerprint density at radius 1 is 1.40 bits per heavy atom. The van der Waals surface area contributed by atoms with Crippen molar-refractivity contribution in [1.82, 2.24) is 4.90 Å². The van der Waals surface area contributed by atoms with Crippen LogP contribution in [0.25, 0.3) is 0 Å². The predicted octanol–water partition coefficient (Wildman–Crippen LogP) is 2.01. The highest BCUT2D eigenvalue weighted by atomic mass is 32.2. The van der Waals surface area contributed by atoms with Crippen LogP contribution in [0.4, 0.5) is 0 Å². The van der Waals surface area contributed by atoms with E-state index in [0.29, 0.717) is 0 Å². The molecule has 0 N–H and O–H groups in total. The summed E-state index contributed by atoms with van der Waals surface area (Å²) in [6.07, 6.45) is 0. The lowest BCUT2D eigenvalue weighted by molar-refractivity contribution is -0.153. The van der Waals surface area contributed by atoms with Crippen LogP contribution in [-0.2, 0) is 9.53 Å². The van der Waals surface area contributed by atoms with E-state index in [1.165, 1.54) is 0 Å². The Hall–Kier alpha value is -0.220. The van der Waals surface area contributed by atoms with Crippen LogP contribution in [-0.4, -0.2) is 48.1 Å². The second-order valence-corrected chi connectivity index (χ2v) is 6.30. The van der Waals surface area contributed by atoms with E-state index >= 15 is 0 Å². The molecular formula is C11H23NO2S. The molecule has 0 aliphatic carbocycles. The molecule has 0 amide bonds. The number of carbonyl (C=O) groups excluding carboxylic acids is 1. The second-order valence-electron chi connectivity index (χ2n) is 4.85. The number of ether oxygens (including phenoxy) is 1. The summed E-state index contributed by atoms with van der Waals surface area (Å²) in [5, 5.41) is -0.0795. The van der Waals surface area contributed by atoms with Gasteiger partial charge < -0.3 is 9.64 Å². The monoisotopic (exact) mass is 233 g/mol. The lowest BCUT2D eigenvalue weighted by Gasteiger charge is -2.22. The summed E-state index contributed by atoms with van der Waals surface area (Å²) in [6, 6.07) is 0. The Bertz CT molecular complexity index is 199. The maximum atomic E-state index is 11.6. The van der Waals surface area contributed by atoms with Crippen LogP contribution in [0.15, 0.2) is 0 Å². The van der Waals surface area contributed by atoms with Crippen molar-refractivity contribution < 1.29 is 9.53 Å². The normalized spacial score (nSPS) is 14.1. The summed E-state index contributed by atoms with van der Waals surface area (Å²) >= 11 is 1.64. The maximum absolute atomic E-state index is 11.6. The summed E-state index contributed by atoms with van der Waals surface area (Å²) in [6.45, 7) is 8.55. The molecule has 0 aliphatic heterocycles. The van der Waals surface area contributed by atoms with Crippen molar-refractivity contribution in [2.24, 2.45) is 0 Å². The zero-order chi connectivity index (χ0) is 12.1. The third kappa shape index (κ3) is 8.75. The average molecular weight is 233 g/mol. The third-order valence-electron chi connectivity index (χ3n) is 1.65. The summed E-state index contributed by atoms with van der Waals surface area (Å²) in [4.78, 5) is 13.7. The van der Waals surface area contributed by atoms with Crippen molar-refractivity contribution in [1.29, 1.82) is 0 Å². The summed E-state index contributed by atoms with van der Waals surface area (Å²) in [7, 11) is 4.05. The molecule has 3 nitrogen and oxygen atoms in total. The topological polar surface area (TPSA) is 29.5 Å². The van der Waals surface area contributed by atoms with Gasteiger partial charge in [0, 0.05) is 12.3 Å². The highest BCUT2D eigenvalue weighted by Crippen LogP contribution is 2.16. The molecule has 0 rings (SSSR count). The van der Waals surface area contributed by atoms with Crippen LogP contribution in [0.5, 0.6) is 0 Å². The van der Waals surface area contributed by atoms with Crippen LogP contribution >= 0.6 is 11.8 Å². The van der Waals surface area contributed by atoms with Gasteiger partial charge >= 0.3 is 5.97 Å². The fraction of sp³-hybridized carbons (Fsp3) is 0.909. The molecule has 4 heteroatoms. The molecule has 0 bridgehead atoms. The molecular weight excluding hydrogens is 210 g/mol. The van der Waals surface area contributed by atoms with Crippen LogP contribution in [0.2, 0.25) is 0 Å². The molecule has 0 aromatic carbocycles. The molecule has 0 aliphatic rings. The van der Waals surface area contributed by atoms with Gasteiger partial charge in [0.1, 0.15) is 5.60 Å². The van der Waals surface area contributed by atoms with Gasteiger partial charge in [-0.2, -0.15) is 0 Å². The van der Waals surface area contributed by atoms with E-state index in [4.69, 9.17) is 4.74 Å². The average Bonchev–Trinajstić information content (AvgIpc) is 1.99. The Labute approximate surface area is 97.5 Å². The van der Waals surface area contributed by atoms with Crippen molar-refractivity contribution in [3.63, 3.8) is 0 Å². The van der Waals surface area contributed by atoms with Gasteiger partial charge in [-0.3, -0.25) is 4.79 Å². The van der Waals surface area contributed by atoms with E-state index in [2.05, 4.69) is 4.90 Å². The molecule has 0 saturated heterocycles. The number of hydrogen-bond donors (Lipinski definition) is 0. The molecule has 0 radical (unpaired) electrons. The van der Waals surface area contributed by atoms with Crippen molar-refractivity contribution in [3.05, 3.63) is 0 Å². The largest absolute Gasteiger partial charge is 0.459 e. The highest BCUT2D eigenvalue weighted by molar-refractivity contribution is 8.00. The number of nitrogens with zero attached hydrogens (tertiary/aromatic N) is 1. The predicted molar refractivity (Wildman–Crippen MR) is 66.3 cm³/mol. The van der Waals surface area contributed by atoms with E-state index in [-0.39, 0.29) is 16.8 Å². The Morgan fingerprint density at radius 3 is 2.33 bits per heavy atom. The van der Waals surface area contributed by atoms with Crippen molar-refractivity contribution >= 4 is 17.7 Å². The van der Waals surface area contributed by atoms with Gasteiger partial charge in [0.25, 0.3) is 0 Å². The fourth-order valence-corrected chi connectivity index (χ4v) is 1.87. The van der Waals surface area contributed by atoms with Crippen LogP contribution < -0.4 is 0 Å². The molecule has 0 aromatic heterocycles. The van der Waals surface area contributed by atoms with Crippen molar-refractivity contribution in [2.75, 3.05) is 26.4 Å². The number of hydrogen-bond acceptors (Lipinski definition) is 4. The summed E-state index contributed by atoms with van der Waals surface area (Å²) in [5.74, 6) is 0.833. The molecule has 0 fully saturated rings. The van der Waals surface area contributed by atoms with Gasteiger partial charge in [-0.15, -0.1) is 11.8 Å². The third-order valence-corrected chi connectivity index (χ3v) is 2.76. The standard InChI is InChI=1S/C11H23NO2S/c1-9(15-8-7-12(5)6)10(13)14-11(2,3)4/h9H,7-8H2,1-6H3. The fourth-order valence-electron chi connectivity index (χ4n) is 0.865. The molecule has 15 heavy (non-hydrogen) atoms. The van der Waals surface area contributed by atoms with E-state index in [9.17, 15) is 4.79 Å². The highest BCUT2D eigenvalue weighted by Gasteiger charge is 2.21. The second kappa shape index (κ2) is 6.38. The minimum Gasteiger partial charge on any atom is -0.459 e. The SMILES string of the molecule is CC(SCCN(C)C)C(=O)OC(C)(C)C. The van der Waals surface area contributed by atoms with Gasteiger partial charge in [0.15, 0.2) is 0 Å². The Morgan fingerprint density at radius 2 is 1.93 bits per heavy atom. The van der Waals surface area contributed by atoms with Gasteiger partial charge in [-0.1, -0.05) is 0 Å². The zero-order valence-electron chi connectivity index (χ0n) is 10.7. The first-order valence-corrected chi connectivity index (χ1v) is 6.26. The molecule has 1 atom stereocenters. The van der Waals surface area contributed by atoms with Gasteiger partial charge in [0.05, 0.1) is 5.25 Å². The first-order valence-electron chi connectivity index (χ1n) is 5.21. The Balaban J connectivity index is 3.80. The summed E-state index contributed by atoms with van der Waals surface area (Å²) in [5.41, 5.74) is -0.381. The van der Waals surface area contributed by atoms with Crippen molar-refractivity contribution in [2.45, 2.75) is 38.5 Å². The molecule has 0 spiro atoms. The molecule has 0 aromatic rings. The first-order chi connectivity index (χ1) is 6.72. The van der Waals surface area contributed by atoms with E-state index < -0.39 is 0 Å². The Kier molecular flexibility index (Phi) is 6.29. The molecule has 0 saturated carbocycles. The van der Waals surface area contributed by atoms with Gasteiger partial charge in [-0.05, 0) is 41.8 Å². The first kappa shape index (κ1) is 14.8. The van der Waals surface area contributed by atoms with Crippen LogP contribution in [0, 0.1) is 0 Å². The van der Waals surface area contributed by atoms with E-state index in [1.807, 2.05) is 41.8 Å². The van der Waals surface area contributed by atoms with Gasteiger partial charge in [0.2, 0.25) is 0 Å². The smallest absolute Gasteiger partial charge is 0.319 e. The molecule has 90 valence electrons. The molecule has 1 unspecified atom stereocenters. The van der Waals surface area contributed by atoms with Crippen LogP contribution in [0.1, 0.15) is 27.7 Å². The molecule has 0 heterocycles. The quantitative estimate of drug-likeness (QED) is 0.679. The minimum absolute atomic E-state index is 0.0795. The lowest BCUT2D eigenvalue weighted by atomic mass is 10.2. The van der Waals surface area contributed by atoms with Gasteiger partial charge in [-0.25, -0.2) is 0 Å². The zero-order valence-corrected chi connectivity index (χ0v) is 11.5. The summed E-state index contributed by atoms with van der Waals surface area (Å²) < 4.78 is 5.28.